The van der Waals surface area contributed by atoms with Gasteiger partial charge >= 0.3 is 11.9 Å². The molecule has 13 heteroatoms. The van der Waals surface area contributed by atoms with Gasteiger partial charge in [0.2, 0.25) is 0 Å². The minimum Gasteiger partial charge on any atom is -0.465 e. The van der Waals surface area contributed by atoms with Gasteiger partial charge in [0.05, 0.1) is 23.0 Å². The minimum absolute atomic E-state index is 0.104. The van der Waals surface area contributed by atoms with Crippen molar-refractivity contribution in [3.05, 3.63) is 47.0 Å². The Bertz CT molecular complexity index is 915. The molecule has 34 heavy (non-hydrogen) atoms. The van der Waals surface area contributed by atoms with Crippen LogP contribution in [0.4, 0.5) is 5.69 Å². The van der Waals surface area contributed by atoms with Crippen LogP contribution >= 0.6 is 0 Å². The fraction of sp³-hybridized carbons (Fsp3) is 0.524. The molecule has 0 aromatic heterocycles. The molecule has 2 N–H and O–H groups in total. The maximum Gasteiger partial charge on any atom is 0.320 e. The molecule has 0 aliphatic rings. The highest BCUT2D eigenvalue weighted by Gasteiger charge is 2.30. The van der Waals surface area contributed by atoms with Gasteiger partial charge in [-0.1, -0.05) is 17.4 Å². The minimum atomic E-state index is -4.17. The molecule has 1 aromatic carbocycles. The first-order valence-corrected chi connectivity index (χ1v) is 12.1. The summed E-state index contributed by atoms with van der Waals surface area (Å²) in [6.07, 6.45) is 1.03. The number of hydrogen-bond acceptors (Lipinski definition) is 10. The number of aliphatic hydroxyl groups is 1. The first-order valence-electron chi connectivity index (χ1n) is 10.6. The van der Waals surface area contributed by atoms with Gasteiger partial charge in [0, 0.05) is 24.7 Å². The summed E-state index contributed by atoms with van der Waals surface area (Å²) >= 11 is 0. The van der Waals surface area contributed by atoms with Gasteiger partial charge in [-0.05, 0) is 38.8 Å². The van der Waals surface area contributed by atoms with Crippen LogP contribution in [0.25, 0.3) is 0 Å². The zero-order valence-corrected chi connectivity index (χ0v) is 19.9. The quantitative estimate of drug-likeness (QED) is 0.112. The van der Waals surface area contributed by atoms with E-state index in [1.165, 1.54) is 6.08 Å². The van der Waals surface area contributed by atoms with E-state index in [2.05, 4.69) is 6.58 Å². The average Bonchev–Trinajstić information content (AvgIpc) is 2.80. The Morgan fingerprint density at radius 1 is 1.15 bits per heavy atom. The maximum atomic E-state index is 12.4. The molecule has 1 aromatic rings. The number of nitrogens with zero attached hydrogens (tertiary/aromatic N) is 1. The molecule has 2 atom stereocenters. The van der Waals surface area contributed by atoms with Gasteiger partial charge in [0.15, 0.2) is 5.92 Å². The van der Waals surface area contributed by atoms with Crippen LogP contribution in [0, 0.1) is 22.0 Å². The van der Waals surface area contributed by atoms with E-state index in [1.807, 2.05) is 4.89 Å². The van der Waals surface area contributed by atoms with Crippen molar-refractivity contribution < 1.29 is 42.3 Å². The lowest BCUT2D eigenvalue weighted by molar-refractivity contribution is -0.384. The van der Waals surface area contributed by atoms with Crippen molar-refractivity contribution in [2.45, 2.75) is 44.1 Å². The number of nitro groups is 1. The van der Waals surface area contributed by atoms with Crippen molar-refractivity contribution in [1.29, 1.82) is 0 Å². The molecule has 0 bridgehead atoms. The number of ether oxygens (including phenoxy) is 2. The Labute approximate surface area is 198 Å². The van der Waals surface area contributed by atoms with Gasteiger partial charge in [-0.3, -0.25) is 24.5 Å². The highest BCUT2D eigenvalue weighted by atomic mass is 32.2. The Morgan fingerprint density at radius 3 is 2.15 bits per heavy atom. The lowest BCUT2D eigenvalue weighted by Crippen LogP contribution is -2.34. The largest absolute Gasteiger partial charge is 0.465 e. The van der Waals surface area contributed by atoms with Crippen molar-refractivity contribution in [3.63, 3.8) is 0 Å². The second-order valence-electron chi connectivity index (χ2n) is 7.09. The molecule has 1 rings (SSSR count). The van der Waals surface area contributed by atoms with Crippen LogP contribution in [-0.2, 0) is 33.9 Å². The van der Waals surface area contributed by atoms with Crippen LogP contribution in [0.2, 0.25) is 0 Å². The summed E-state index contributed by atoms with van der Waals surface area (Å²) in [5.41, 5.74) is -0.270. The Balaban J connectivity index is 2.76. The predicted octanol–water partition coefficient (Wildman–Crippen LogP) is 1.88. The van der Waals surface area contributed by atoms with E-state index in [0.717, 1.165) is 24.3 Å². The zero-order valence-electron chi connectivity index (χ0n) is 19.0. The first-order chi connectivity index (χ1) is 16.1. The van der Waals surface area contributed by atoms with Crippen molar-refractivity contribution in [1.82, 2.24) is 4.89 Å². The summed E-state index contributed by atoms with van der Waals surface area (Å²) in [4.78, 5) is 41.1. The lowest BCUT2D eigenvalue weighted by Gasteiger charge is -2.23. The van der Waals surface area contributed by atoms with Gasteiger partial charge in [-0.15, -0.1) is 6.58 Å². The number of carbonyl (C=O) groups is 2. The molecule has 12 nitrogen and oxygen atoms in total. The lowest BCUT2D eigenvalue weighted by atomic mass is 9.93. The van der Waals surface area contributed by atoms with Crippen molar-refractivity contribution >= 4 is 27.6 Å². The number of hydrogen-bond donors (Lipinski definition) is 2. The third-order valence-corrected chi connectivity index (χ3v) is 6.00. The fourth-order valence-corrected chi connectivity index (χ4v) is 3.84. The molecule has 0 amide bonds. The molecule has 0 aliphatic heterocycles. The summed E-state index contributed by atoms with van der Waals surface area (Å²) in [7, 11) is -4.17. The van der Waals surface area contributed by atoms with Crippen molar-refractivity contribution in [3.8, 4) is 0 Å². The Kier molecular flexibility index (Phi) is 12.4. The number of non-ortho nitro benzene ring substituents is 1. The van der Waals surface area contributed by atoms with E-state index in [-0.39, 0.29) is 43.2 Å². The van der Waals surface area contributed by atoms with E-state index in [1.54, 1.807) is 13.8 Å². The van der Waals surface area contributed by atoms with Gasteiger partial charge in [0.25, 0.3) is 15.7 Å². The SMILES string of the molecule is C=C[C@H](ONS(=O)(=O)c1ccc([N+](=O)[O-])cc1)[C@H](CO)CCCC(C(=O)OCC)C(=O)OCC. The molecular formula is C21H30N2O10S. The molecule has 0 saturated carbocycles. The maximum absolute atomic E-state index is 12.4. The van der Waals surface area contributed by atoms with Gasteiger partial charge < -0.3 is 14.6 Å². The van der Waals surface area contributed by atoms with E-state index in [9.17, 15) is 33.2 Å². The molecule has 190 valence electrons. The third-order valence-electron chi connectivity index (χ3n) is 4.79. The zero-order chi connectivity index (χ0) is 25.7. The molecule has 0 unspecified atom stereocenters. The van der Waals surface area contributed by atoms with Crippen LogP contribution in [0.3, 0.4) is 0 Å². The number of sulfonamides is 1. The monoisotopic (exact) mass is 502 g/mol. The topological polar surface area (TPSA) is 171 Å². The highest BCUT2D eigenvalue weighted by molar-refractivity contribution is 7.89. The molecule has 0 heterocycles. The van der Waals surface area contributed by atoms with E-state index in [4.69, 9.17) is 14.3 Å². The molecule has 0 spiro atoms. The molecule has 0 radical (unpaired) electrons. The molecular weight excluding hydrogens is 472 g/mol. The number of esters is 2. The number of aliphatic hydroxyl groups excluding tert-OH is 1. The van der Waals surface area contributed by atoms with Crippen molar-refractivity contribution in [2.24, 2.45) is 11.8 Å². The predicted molar refractivity (Wildman–Crippen MR) is 120 cm³/mol. The number of rotatable bonds is 16. The fourth-order valence-electron chi connectivity index (χ4n) is 3.01. The second kappa shape index (κ2) is 14.4. The van der Waals surface area contributed by atoms with E-state index < -0.39 is 44.8 Å². The van der Waals surface area contributed by atoms with Gasteiger partial charge in [-0.2, -0.15) is 0 Å². The Hall–Kier alpha value is -2.87. The number of carbonyl (C=O) groups excluding carboxylic acids is 2. The number of benzene rings is 1. The number of nitro benzene ring substituents is 1. The number of nitrogens with one attached hydrogen (secondary N) is 1. The molecule has 0 fully saturated rings. The molecule has 0 aliphatic carbocycles. The van der Waals surface area contributed by atoms with Crippen LogP contribution in [-0.4, -0.2) is 56.3 Å². The first kappa shape index (κ1) is 29.2. The summed E-state index contributed by atoms with van der Waals surface area (Å²) in [5, 5.41) is 20.5. The average molecular weight is 503 g/mol. The van der Waals surface area contributed by atoms with E-state index in [0.29, 0.717) is 6.42 Å². The smallest absolute Gasteiger partial charge is 0.320 e. The molecule has 0 saturated heterocycles. The highest BCUT2D eigenvalue weighted by Crippen LogP contribution is 2.21. The van der Waals surface area contributed by atoms with Crippen LogP contribution in [0.15, 0.2) is 41.8 Å². The van der Waals surface area contributed by atoms with Gasteiger partial charge in [-0.25, -0.2) is 8.42 Å². The Morgan fingerprint density at radius 2 is 1.71 bits per heavy atom. The normalized spacial score (nSPS) is 13.2. The summed E-state index contributed by atoms with van der Waals surface area (Å²) in [6, 6.07) is 4.20. The van der Waals surface area contributed by atoms with Crippen molar-refractivity contribution in [2.75, 3.05) is 19.8 Å². The van der Waals surface area contributed by atoms with Crippen LogP contribution in [0.1, 0.15) is 33.1 Å². The van der Waals surface area contributed by atoms with E-state index >= 15 is 0 Å². The second-order valence-corrected chi connectivity index (χ2v) is 8.73. The van der Waals surface area contributed by atoms with Gasteiger partial charge in [0.1, 0.15) is 6.10 Å². The summed E-state index contributed by atoms with van der Waals surface area (Å²) in [6.45, 7) is 6.65. The summed E-state index contributed by atoms with van der Waals surface area (Å²) in [5.74, 6) is -3.12. The standard InChI is InChI=1S/C21H30N2O10S/c1-4-19(33-22-34(29,30)17-12-10-16(11-13-17)23(27)28)15(14-24)8-7-9-18(20(25)31-5-2)21(26)32-6-3/h4,10-13,15,18-19,22,24H,1,5-9,14H2,2-3H3/t15-,19-/m0/s1. The van der Waals surface area contributed by atoms with Crippen LogP contribution in [0.5, 0.6) is 0 Å². The van der Waals surface area contributed by atoms with Crippen LogP contribution < -0.4 is 4.89 Å². The summed E-state index contributed by atoms with van der Waals surface area (Å²) < 4.78 is 34.7. The third kappa shape index (κ3) is 8.82.